The maximum Gasteiger partial charge on any atom is 0.315 e. The number of hydrogen-bond acceptors (Lipinski definition) is 3. The highest BCUT2D eigenvalue weighted by Gasteiger charge is 2.20. The quantitative estimate of drug-likeness (QED) is 0.748. The first-order valence-corrected chi connectivity index (χ1v) is 8.79. The Kier molecular flexibility index (Phi) is 6.85. The topological polar surface area (TPSA) is 64.6 Å². The smallest absolute Gasteiger partial charge is 0.315 e. The van der Waals surface area contributed by atoms with E-state index in [1.165, 1.54) is 6.07 Å². The summed E-state index contributed by atoms with van der Waals surface area (Å²) in [6.07, 6.45) is 2.80. The average Bonchev–Trinajstić information content (AvgIpc) is 2.58. The van der Waals surface area contributed by atoms with Crippen LogP contribution in [0.1, 0.15) is 45.1 Å². The van der Waals surface area contributed by atoms with E-state index >= 15 is 0 Å². The predicted molar refractivity (Wildman–Crippen MR) is 93.6 cm³/mol. The van der Waals surface area contributed by atoms with E-state index < -0.39 is 0 Å². The molecule has 6 heteroatoms. The number of nitrogens with one attached hydrogen (secondary N) is 2. The van der Waals surface area contributed by atoms with Crippen molar-refractivity contribution in [1.82, 2.24) is 10.6 Å². The molecular weight excluding hydrogens is 309 g/mol. The molecule has 0 atom stereocenters. The van der Waals surface area contributed by atoms with Crippen molar-refractivity contribution in [3.05, 3.63) is 29.6 Å². The molecule has 3 N–H and O–H groups in total. The minimum Gasteiger partial charge on any atom is -0.393 e. The van der Waals surface area contributed by atoms with Gasteiger partial charge < -0.3 is 20.6 Å². The Morgan fingerprint density at radius 1 is 1.25 bits per heavy atom. The standard InChI is InChI=1S/C18H28FN3O2/c1-3-22(4-2)17-10-5-13(11-16(17)19)12-20-18(24)21-14-6-8-15(23)9-7-14/h5,10-11,14-15,23H,3-4,6-9,12H2,1-2H3,(H2,20,21,24). The highest BCUT2D eigenvalue weighted by molar-refractivity contribution is 5.74. The molecule has 0 aromatic heterocycles. The molecule has 24 heavy (non-hydrogen) atoms. The number of nitrogens with zero attached hydrogens (tertiary/aromatic N) is 1. The summed E-state index contributed by atoms with van der Waals surface area (Å²) in [7, 11) is 0. The van der Waals surface area contributed by atoms with Gasteiger partial charge in [-0.1, -0.05) is 6.07 Å². The normalized spacial score (nSPS) is 20.5. The molecule has 0 aliphatic heterocycles. The second-order valence-electron chi connectivity index (χ2n) is 6.29. The Hall–Kier alpha value is -1.82. The van der Waals surface area contributed by atoms with Gasteiger partial charge in [-0.25, -0.2) is 9.18 Å². The first-order valence-electron chi connectivity index (χ1n) is 8.79. The molecule has 1 aromatic rings. The van der Waals surface area contributed by atoms with Crippen LogP contribution >= 0.6 is 0 Å². The van der Waals surface area contributed by atoms with Crippen LogP contribution in [-0.4, -0.2) is 36.4 Å². The van der Waals surface area contributed by atoms with Gasteiger partial charge in [0, 0.05) is 25.7 Å². The molecule has 0 saturated heterocycles. The van der Waals surface area contributed by atoms with Crippen molar-refractivity contribution in [2.45, 2.75) is 58.2 Å². The molecule has 1 aromatic carbocycles. The zero-order valence-corrected chi connectivity index (χ0v) is 14.5. The molecule has 5 nitrogen and oxygen atoms in total. The molecule has 1 aliphatic rings. The van der Waals surface area contributed by atoms with Crippen LogP contribution < -0.4 is 15.5 Å². The molecule has 0 unspecified atom stereocenters. The fraction of sp³-hybridized carbons (Fsp3) is 0.611. The van der Waals surface area contributed by atoms with Gasteiger partial charge in [0.05, 0.1) is 11.8 Å². The number of urea groups is 1. The number of rotatable bonds is 6. The zero-order chi connectivity index (χ0) is 17.5. The number of aliphatic hydroxyl groups is 1. The molecule has 0 radical (unpaired) electrons. The van der Waals surface area contributed by atoms with Gasteiger partial charge in [-0.3, -0.25) is 0 Å². The van der Waals surface area contributed by atoms with Gasteiger partial charge in [0.15, 0.2) is 0 Å². The molecule has 1 saturated carbocycles. The summed E-state index contributed by atoms with van der Waals surface area (Å²) in [6.45, 7) is 5.78. The molecule has 0 spiro atoms. The van der Waals surface area contributed by atoms with E-state index in [0.717, 1.165) is 44.3 Å². The van der Waals surface area contributed by atoms with Gasteiger partial charge in [-0.15, -0.1) is 0 Å². The Bertz CT molecular complexity index is 541. The van der Waals surface area contributed by atoms with Gasteiger partial charge in [-0.2, -0.15) is 0 Å². The lowest BCUT2D eigenvalue weighted by Crippen LogP contribution is -2.43. The molecule has 0 heterocycles. The molecule has 1 fully saturated rings. The molecule has 134 valence electrons. The van der Waals surface area contributed by atoms with Gasteiger partial charge in [-0.05, 0) is 57.2 Å². The van der Waals surface area contributed by atoms with Crippen LogP contribution in [0.3, 0.4) is 0 Å². The van der Waals surface area contributed by atoms with Crippen molar-refractivity contribution in [3.8, 4) is 0 Å². The maximum atomic E-state index is 14.2. The first-order chi connectivity index (χ1) is 11.5. The average molecular weight is 337 g/mol. The number of carbonyl (C=O) groups is 1. The van der Waals surface area contributed by atoms with E-state index in [1.807, 2.05) is 24.8 Å². The van der Waals surface area contributed by atoms with E-state index in [1.54, 1.807) is 6.07 Å². The predicted octanol–water partition coefficient (Wildman–Crippen LogP) is 2.77. The molecule has 0 bridgehead atoms. The van der Waals surface area contributed by atoms with E-state index in [0.29, 0.717) is 5.69 Å². The monoisotopic (exact) mass is 337 g/mol. The fourth-order valence-electron chi connectivity index (χ4n) is 3.12. The van der Waals surface area contributed by atoms with E-state index in [-0.39, 0.29) is 30.5 Å². The summed E-state index contributed by atoms with van der Waals surface area (Å²) in [4.78, 5) is 13.9. The molecule has 2 rings (SSSR count). The zero-order valence-electron chi connectivity index (χ0n) is 14.5. The minimum absolute atomic E-state index is 0.107. The number of carbonyl (C=O) groups excluding carboxylic acids is 1. The highest BCUT2D eigenvalue weighted by Crippen LogP contribution is 2.20. The Morgan fingerprint density at radius 3 is 2.50 bits per heavy atom. The van der Waals surface area contributed by atoms with Crippen molar-refractivity contribution >= 4 is 11.7 Å². The van der Waals surface area contributed by atoms with Crippen molar-refractivity contribution < 1.29 is 14.3 Å². The van der Waals surface area contributed by atoms with E-state index in [2.05, 4.69) is 10.6 Å². The van der Waals surface area contributed by atoms with Gasteiger partial charge in [0.25, 0.3) is 0 Å². The third-order valence-corrected chi connectivity index (χ3v) is 4.60. The maximum absolute atomic E-state index is 14.2. The third kappa shape index (κ3) is 5.09. The minimum atomic E-state index is -0.264. The summed E-state index contributed by atoms with van der Waals surface area (Å²) in [5.74, 6) is -0.264. The molecule has 2 amide bonds. The summed E-state index contributed by atoms with van der Waals surface area (Å²) in [6, 6.07) is 4.94. The Labute approximate surface area is 143 Å². The van der Waals surface area contributed by atoms with Crippen molar-refractivity contribution in [2.24, 2.45) is 0 Å². The van der Waals surface area contributed by atoms with Gasteiger partial charge in [0.2, 0.25) is 0 Å². The van der Waals surface area contributed by atoms with Crippen LogP contribution in [0, 0.1) is 5.82 Å². The van der Waals surface area contributed by atoms with Crippen LogP contribution in [0.4, 0.5) is 14.9 Å². The molecular formula is C18H28FN3O2. The van der Waals surface area contributed by atoms with Crippen LogP contribution in [0.25, 0.3) is 0 Å². The number of hydrogen-bond donors (Lipinski definition) is 3. The summed E-state index contributed by atoms with van der Waals surface area (Å²) >= 11 is 0. The third-order valence-electron chi connectivity index (χ3n) is 4.60. The number of benzene rings is 1. The Balaban J connectivity index is 1.83. The number of amides is 2. The largest absolute Gasteiger partial charge is 0.393 e. The number of halogens is 1. The van der Waals surface area contributed by atoms with Gasteiger partial charge in [0.1, 0.15) is 5.82 Å². The second-order valence-corrected chi connectivity index (χ2v) is 6.29. The van der Waals surface area contributed by atoms with E-state index in [4.69, 9.17) is 0 Å². The number of aliphatic hydroxyl groups excluding tert-OH is 1. The van der Waals surface area contributed by atoms with Crippen LogP contribution in [0.15, 0.2) is 18.2 Å². The summed E-state index contributed by atoms with van der Waals surface area (Å²) < 4.78 is 14.2. The second kappa shape index (κ2) is 8.87. The summed E-state index contributed by atoms with van der Waals surface area (Å²) in [5, 5.41) is 15.1. The molecule has 1 aliphatic carbocycles. The van der Waals surface area contributed by atoms with Crippen LogP contribution in [0.2, 0.25) is 0 Å². The summed E-state index contributed by atoms with van der Waals surface area (Å²) in [5.41, 5.74) is 1.33. The van der Waals surface area contributed by atoms with E-state index in [9.17, 15) is 14.3 Å². The lowest BCUT2D eigenvalue weighted by Gasteiger charge is -2.26. The lowest BCUT2D eigenvalue weighted by atomic mass is 9.93. The highest BCUT2D eigenvalue weighted by atomic mass is 19.1. The SMILES string of the molecule is CCN(CC)c1ccc(CNC(=O)NC2CCC(O)CC2)cc1F. The van der Waals surface area contributed by atoms with Crippen molar-refractivity contribution in [2.75, 3.05) is 18.0 Å². The van der Waals surface area contributed by atoms with Crippen LogP contribution in [-0.2, 0) is 6.54 Å². The number of anilines is 1. The lowest BCUT2D eigenvalue weighted by molar-refractivity contribution is 0.117. The van der Waals surface area contributed by atoms with Crippen molar-refractivity contribution in [1.29, 1.82) is 0 Å². The first kappa shape index (κ1) is 18.5. The Morgan fingerprint density at radius 2 is 1.92 bits per heavy atom. The fourth-order valence-corrected chi connectivity index (χ4v) is 3.12. The van der Waals surface area contributed by atoms with Crippen molar-refractivity contribution in [3.63, 3.8) is 0 Å². The van der Waals surface area contributed by atoms with Crippen LogP contribution in [0.5, 0.6) is 0 Å². The van der Waals surface area contributed by atoms with Gasteiger partial charge >= 0.3 is 6.03 Å².